The van der Waals surface area contributed by atoms with E-state index in [4.69, 9.17) is 10.5 Å². The van der Waals surface area contributed by atoms with Gasteiger partial charge in [-0.15, -0.1) is 0 Å². The Balaban J connectivity index is 2.32. The second-order valence-corrected chi connectivity index (χ2v) is 4.17. The van der Waals surface area contributed by atoms with E-state index in [1.165, 1.54) is 0 Å². The molecule has 0 aromatic heterocycles. The minimum atomic E-state index is -0.268. The zero-order valence-corrected chi connectivity index (χ0v) is 11.6. The van der Waals surface area contributed by atoms with E-state index in [0.717, 1.165) is 5.75 Å². The number of hydrogen-bond acceptors (Lipinski definition) is 4. The van der Waals surface area contributed by atoms with Gasteiger partial charge < -0.3 is 21.1 Å². The van der Waals surface area contributed by atoms with Gasteiger partial charge in [0.2, 0.25) is 11.8 Å². The van der Waals surface area contributed by atoms with Gasteiger partial charge in [-0.1, -0.05) is 0 Å². The number of hydrogen-bond donors (Lipinski definition) is 3. The Kier molecular flexibility index (Phi) is 7.13. The molecular weight excluding hydrogens is 258 g/mol. The van der Waals surface area contributed by atoms with Gasteiger partial charge in [-0.25, -0.2) is 0 Å². The van der Waals surface area contributed by atoms with Crippen LogP contribution >= 0.6 is 0 Å². The number of anilines is 1. The van der Waals surface area contributed by atoms with Crippen molar-refractivity contribution in [3.63, 3.8) is 0 Å². The molecule has 6 nitrogen and oxygen atoms in total. The summed E-state index contributed by atoms with van der Waals surface area (Å²) in [5.41, 5.74) is 5.96. The number of carbonyl (C=O) groups excluding carboxylic acids is 2. The molecule has 0 aliphatic rings. The lowest BCUT2D eigenvalue weighted by Gasteiger charge is -2.08. The lowest BCUT2D eigenvalue weighted by Crippen LogP contribution is -2.32. The van der Waals surface area contributed by atoms with Crippen molar-refractivity contribution in [2.24, 2.45) is 5.73 Å². The second-order valence-electron chi connectivity index (χ2n) is 4.17. The van der Waals surface area contributed by atoms with Gasteiger partial charge in [-0.2, -0.15) is 0 Å². The molecule has 0 bridgehead atoms. The van der Waals surface area contributed by atoms with Crippen LogP contribution in [-0.4, -0.2) is 31.5 Å². The Hall–Kier alpha value is -2.08. The number of ether oxygens (including phenoxy) is 1. The number of amides is 2. The fourth-order valence-electron chi connectivity index (χ4n) is 1.54. The van der Waals surface area contributed by atoms with E-state index in [1.807, 2.05) is 6.92 Å². The maximum atomic E-state index is 11.6. The summed E-state index contributed by atoms with van der Waals surface area (Å²) in [6, 6.07) is 7.05. The fraction of sp³-hybridized carbons (Fsp3) is 0.429. The lowest BCUT2D eigenvalue weighted by atomic mass is 10.3. The maximum Gasteiger partial charge on any atom is 0.243 e. The molecule has 4 N–H and O–H groups in total. The van der Waals surface area contributed by atoms with Crippen molar-refractivity contribution in [2.45, 2.75) is 19.8 Å². The Labute approximate surface area is 118 Å². The highest BCUT2D eigenvalue weighted by Gasteiger charge is 2.05. The molecule has 0 fully saturated rings. The summed E-state index contributed by atoms with van der Waals surface area (Å²) in [4.78, 5) is 22.9. The molecule has 0 aliphatic heterocycles. The van der Waals surface area contributed by atoms with Crippen LogP contribution in [0.15, 0.2) is 24.3 Å². The topological polar surface area (TPSA) is 93.5 Å². The third-order valence-electron chi connectivity index (χ3n) is 2.50. The summed E-state index contributed by atoms with van der Waals surface area (Å²) in [5, 5.41) is 5.23. The average Bonchev–Trinajstić information content (AvgIpc) is 2.45. The van der Waals surface area contributed by atoms with Crippen molar-refractivity contribution in [1.82, 2.24) is 5.32 Å². The normalized spacial score (nSPS) is 9.90. The fourth-order valence-corrected chi connectivity index (χ4v) is 1.54. The molecule has 0 spiro atoms. The largest absolute Gasteiger partial charge is 0.494 e. The first-order chi connectivity index (χ1) is 9.65. The van der Waals surface area contributed by atoms with Crippen LogP contribution in [0.25, 0.3) is 0 Å². The van der Waals surface area contributed by atoms with Crippen LogP contribution in [0, 0.1) is 0 Å². The van der Waals surface area contributed by atoms with Crippen molar-refractivity contribution in [3.05, 3.63) is 24.3 Å². The van der Waals surface area contributed by atoms with Crippen LogP contribution < -0.4 is 21.1 Å². The van der Waals surface area contributed by atoms with Gasteiger partial charge in [0.15, 0.2) is 0 Å². The molecule has 1 aromatic rings. The first-order valence-electron chi connectivity index (χ1n) is 6.65. The Morgan fingerprint density at radius 1 is 1.20 bits per heavy atom. The molecule has 0 heterocycles. The SMILES string of the molecule is CCOc1ccc(NC(=O)CNC(=O)CCCN)cc1. The molecule has 0 atom stereocenters. The van der Waals surface area contributed by atoms with Crippen LogP contribution in [-0.2, 0) is 9.59 Å². The Morgan fingerprint density at radius 2 is 1.90 bits per heavy atom. The Bertz CT molecular complexity index is 432. The minimum absolute atomic E-state index is 0.0450. The predicted molar refractivity (Wildman–Crippen MR) is 77.5 cm³/mol. The monoisotopic (exact) mass is 279 g/mol. The quantitative estimate of drug-likeness (QED) is 0.658. The molecule has 0 radical (unpaired) electrons. The highest BCUT2D eigenvalue weighted by molar-refractivity contribution is 5.94. The van der Waals surface area contributed by atoms with Gasteiger partial charge >= 0.3 is 0 Å². The molecule has 0 unspecified atom stereocenters. The van der Waals surface area contributed by atoms with Gasteiger partial charge in [0.05, 0.1) is 13.2 Å². The lowest BCUT2D eigenvalue weighted by molar-refractivity contribution is -0.124. The molecule has 0 saturated heterocycles. The van der Waals surface area contributed by atoms with E-state index in [2.05, 4.69) is 10.6 Å². The molecule has 0 aliphatic carbocycles. The average molecular weight is 279 g/mol. The van der Waals surface area contributed by atoms with Crippen molar-refractivity contribution in [1.29, 1.82) is 0 Å². The van der Waals surface area contributed by atoms with Gasteiger partial charge in [0.25, 0.3) is 0 Å². The first-order valence-corrected chi connectivity index (χ1v) is 6.65. The molecule has 1 aromatic carbocycles. The molecule has 20 heavy (non-hydrogen) atoms. The zero-order valence-electron chi connectivity index (χ0n) is 11.6. The number of nitrogens with one attached hydrogen (secondary N) is 2. The first kappa shape index (κ1) is 16.0. The summed E-state index contributed by atoms with van der Waals surface area (Å²) < 4.78 is 5.30. The van der Waals surface area contributed by atoms with Crippen LogP contribution in [0.5, 0.6) is 5.75 Å². The summed E-state index contributed by atoms with van der Waals surface area (Å²) in [6.45, 7) is 2.92. The van der Waals surface area contributed by atoms with Gasteiger partial charge in [0.1, 0.15) is 5.75 Å². The number of rotatable bonds is 8. The van der Waals surface area contributed by atoms with Crippen molar-refractivity contribution < 1.29 is 14.3 Å². The molecule has 110 valence electrons. The van der Waals surface area contributed by atoms with E-state index in [9.17, 15) is 9.59 Å². The number of carbonyl (C=O) groups is 2. The predicted octanol–water partition coefficient (Wildman–Crippen LogP) is 0.879. The Morgan fingerprint density at radius 3 is 2.50 bits per heavy atom. The number of nitrogens with two attached hydrogens (primary N) is 1. The van der Waals surface area contributed by atoms with Crippen LogP contribution in [0.2, 0.25) is 0 Å². The van der Waals surface area contributed by atoms with Crippen molar-refractivity contribution in [2.75, 3.05) is 25.0 Å². The molecular formula is C14H21N3O3. The van der Waals surface area contributed by atoms with Gasteiger partial charge in [-0.3, -0.25) is 9.59 Å². The van der Waals surface area contributed by atoms with E-state index >= 15 is 0 Å². The zero-order chi connectivity index (χ0) is 14.8. The van der Waals surface area contributed by atoms with E-state index < -0.39 is 0 Å². The van der Waals surface area contributed by atoms with Gasteiger partial charge in [-0.05, 0) is 44.2 Å². The minimum Gasteiger partial charge on any atom is -0.494 e. The molecule has 1 rings (SSSR count). The summed E-state index contributed by atoms with van der Waals surface area (Å²) in [5.74, 6) is 0.313. The van der Waals surface area contributed by atoms with E-state index in [0.29, 0.717) is 31.7 Å². The second kappa shape index (κ2) is 8.92. The summed E-state index contributed by atoms with van der Waals surface area (Å²) >= 11 is 0. The highest BCUT2D eigenvalue weighted by atomic mass is 16.5. The number of benzene rings is 1. The van der Waals surface area contributed by atoms with Crippen LogP contribution in [0.1, 0.15) is 19.8 Å². The molecule has 2 amide bonds. The third-order valence-corrected chi connectivity index (χ3v) is 2.50. The standard InChI is InChI=1S/C14H21N3O3/c1-2-20-12-7-5-11(6-8-12)17-14(19)10-16-13(18)4-3-9-15/h5-8H,2-4,9-10,15H2,1H3,(H,16,18)(H,17,19). The maximum absolute atomic E-state index is 11.6. The van der Waals surface area contributed by atoms with E-state index in [-0.39, 0.29) is 18.4 Å². The third kappa shape index (κ3) is 6.19. The van der Waals surface area contributed by atoms with Crippen LogP contribution in [0.3, 0.4) is 0 Å². The summed E-state index contributed by atoms with van der Waals surface area (Å²) in [7, 11) is 0. The molecule has 0 saturated carbocycles. The molecule has 6 heteroatoms. The van der Waals surface area contributed by atoms with E-state index in [1.54, 1.807) is 24.3 Å². The van der Waals surface area contributed by atoms with Crippen molar-refractivity contribution >= 4 is 17.5 Å². The van der Waals surface area contributed by atoms with Crippen molar-refractivity contribution in [3.8, 4) is 5.75 Å². The summed E-state index contributed by atoms with van der Waals surface area (Å²) in [6.07, 6.45) is 0.958. The van der Waals surface area contributed by atoms with Crippen LogP contribution in [0.4, 0.5) is 5.69 Å². The smallest absolute Gasteiger partial charge is 0.243 e. The highest BCUT2D eigenvalue weighted by Crippen LogP contribution is 2.15. The van der Waals surface area contributed by atoms with Gasteiger partial charge in [0, 0.05) is 12.1 Å².